The number of nitrogens with zero attached hydrogens (tertiary/aromatic N) is 2. The van der Waals surface area contributed by atoms with Crippen molar-refractivity contribution in [2.24, 2.45) is 0 Å². The standard InChI is InChI=1S/C14H11ClFN3/c15-10-3-1-2-9(6-10)8-19-13-5-4-11(16)7-12(13)14(17)18-19/h1-7H,8H2,(H2,17,18). The molecule has 0 spiro atoms. The minimum Gasteiger partial charge on any atom is -0.382 e. The molecule has 0 fully saturated rings. The first-order valence-electron chi connectivity index (χ1n) is 5.79. The minimum absolute atomic E-state index is 0.318. The topological polar surface area (TPSA) is 43.8 Å². The van der Waals surface area contributed by atoms with E-state index in [1.807, 2.05) is 24.3 Å². The highest BCUT2D eigenvalue weighted by atomic mass is 35.5. The predicted octanol–water partition coefficient (Wildman–Crippen LogP) is 3.46. The Balaban J connectivity index is 2.06. The minimum atomic E-state index is -0.318. The molecule has 96 valence electrons. The number of hydrogen-bond acceptors (Lipinski definition) is 2. The molecule has 5 heteroatoms. The van der Waals surface area contributed by atoms with Crippen molar-refractivity contribution in [1.29, 1.82) is 0 Å². The molecule has 0 aliphatic carbocycles. The number of fused-ring (bicyclic) bond motifs is 1. The van der Waals surface area contributed by atoms with Gasteiger partial charge in [-0.1, -0.05) is 23.7 Å². The normalized spacial score (nSPS) is 11.1. The SMILES string of the molecule is Nc1nn(Cc2cccc(Cl)c2)c2ccc(F)cc12. The van der Waals surface area contributed by atoms with Crippen LogP contribution in [0.2, 0.25) is 5.02 Å². The summed E-state index contributed by atoms with van der Waals surface area (Å²) >= 11 is 5.95. The van der Waals surface area contributed by atoms with E-state index in [-0.39, 0.29) is 5.82 Å². The van der Waals surface area contributed by atoms with Crippen LogP contribution < -0.4 is 5.73 Å². The molecule has 0 aliphatic rings. The highest BCUT2D eigenvalue weighted by Gasteiger charge is 2.09. The number of halogens is 2. The maximum atomic E-state index is 13.2. The van der Waals surface area contributed by atoms with E-state index in [1.165, 1.54) is 12.1 Å². The van der Waals surface area contributed by atoms with E-state index in [0.29, 0.717) is 22.8 Å². The molecule has 0 saturated heterocycles. The molecular weight excluding hydrogens is 265 g/mol. The van der Waals surface area contributed by atoms with Crippen molar-refractivity contribution in [1.82, 2.24) is 9.78 Å². The fourth-order valence-electron chi connectivity index (χ4n) is 2.11. The number of rotatable bonds is 2. The van der Waals surface area contributed by atoms with Gasteiger partial charge >= 0.3 is 0 Å². The Morgan fingerprint density at radius 3 is 2.84 bits per heavy atom. The van der Waals surface area contributed by atoms with Gasteiger partial charge in [0.25, 0.3) is 0 Å². The van der Waals surface area contributed by atoms with E-state index >= 15 is 0 Å². The van der Waals surface area contributed by atoms with Gasteiger partial charge in [-0.2, -0.15) is 5.10 Å². The van der Waals surface area contributed by atoms with Crippen LogP contribution in [0.15, 0.2) is 42.5 Å². The molecule has 3 aromatic rings. The first-order valence-corrected chi connectivity index (χ1v) is 6.17. The average Bonchev–Trinajstić information content (AvgIpc) is 2.66. The lowest BCUT2D eigenvalue weighted by Gasteiger charge is -2.04. The van der Waals surface area contributed by atoms with E-state index in [1.54, 1.807) is 10.7 Å². The third-order valence-corrected chi connectivity index (χ3v) is 3.20. The summed E-state index contributed by atoms with van der Waals surface area (Å²) in [5.74, 6) is 0.0121. The van der Waals surface area contributed by atoms with Crippen LogP contribution in [0.5, 0.6) is 0 Å². The monoisotopic (exact) mass is 275 g/mol. The summed E-state index contributed by atoms with van der Waals surface area (Å²) in [6.45, 7) is 0.542. The van der Waals surface area contributed by atoms with Gasteiger partial charge in [-0.15, -0.1) is 0 Å². The molecule has 1 aromatic heterocycles. The van der Waals surface area contributed by atoms with Gasteiger partial charge in [0.1, 0.15) is 5.82 Å². The second kappa shape index (κ2) is 4.55. The fraction of sp³-hybridized carbons (Fsp3) is 0.0714. The molecule has 0 saturated carbocycles. The van der Waals surface area contributed by atoms with E-state index in [2.05, 4.69) is 5.10 Å². The molecule has 0 bridgehead atoms. The van der Waals surface area contributed by atoms with Gasteiger partial charge in [-0.25, -0.2) is 4.39 Å². The molecule has 2 N–H and O–H groups in total. The first-order chi connectivity index (χ1) is 9.13. The van der Waals surface area contributed by atoms with Crippen LogP contribution in [0, 0.1) is 5.82 Å². The molecular formula is C14H11ClFN3. The third-order valence-electron chi connectivity index (χ3n) is 2.96. The Bertz CT molecular complexity index is 752. The van der Waals surface area contributed by atoms with E-state index in [0.717, 1.165) is 11.1 Å². The Labute approximate surface area is 114 Å². The first kappa shape index (κ1) is 12.0. The lowest BCUT2D eigenvalue weighted by molar-refractivity contribution is 0.629. The van der Waals surface area contributed by atoms with Crippen LogP contribution in [0.25, 0.3) is 10.9 Å². The van der Waals surface area contributed by atoms with Crippen LogP contribution in [0.1, 0.15) is 5.56 Å². The molecule has 0 unspecified atom stereocenters. The van der Waals surface area contributed by atoms with Crippen molar-refractivity contribution >= 4 is 28.3 Å². The van der Waals surface area contributed by atoms with Gasteiger partial charge in [0.2, 0.25) is 0 Å². The number of benzene rings is 2. The number of nitrogen functional groups attached to an aromatic ring is 1. The zero-order valence-corrected chi connectivity index (χ0v) is 10.7. The van der Waals surface area contributed by atoms with E-state index in [4.69, 9.17) is 17.3 Å². The summed E-state index contributed by atoms with van der Waals surface area (Å²) in [6, 6.07) is 12.0. The average molecular weight is 276 g/mol. The summed E-state index contributed by atoms with van der Waals surface area (Å²) in [5, 5.41) is 5.54. The van der Waals surface area contributed by atoms with Crippen LogP contribution in [0.3, 0.4) is 0 Å². The van der Waals surface area contributed by atoms with Gasteiger partial charge < -0.3 is 5.73 Å². The molecule has 2 aromatic carbocycles. The number of hydrogen-bond donors (Lipinski definition) is 1. The molecule has 0 radical (unpaired) electrons. The maximum absolute atomic E-state index is 13.2. The second-order valence-electron chi connectivity index (χ2n) is 4.33. The summed E-state index contributed by atoms with van der Waals surface area (Å²) < 4.78 is 14.9. The van der Waals surface area contributed by atoms with Crippen molar-refractivity contribution in [2.75, 3.05) is 5.73 Å². The van der Waals surface area contributed by atoms with Gasteiger partial charge in [0, 0.05) is 10.4 Å². The zero-order chi connectivity index (χ0) is 13.4. The van der Waals surface area contributed by atoms with Crippen LogP contribution >= 0.6 is 11.6 Å². The predicted molar refractivity (Wildman–Crippen MR) is 74.7 cm³/mol. The van der Waals surface area contributed by atoms with Crippen LogP contribution in [-0.4, -0.2) is 9.78 Å². The van der Waals surface area contributed by atoms with Crippen molar-refractivity contribution in [3.8, 4) is 0 Å². The zero-order valence-electron chi connectivity index (χ0n) is 9.98. The smallest absolute Gasteiger partial charge is 0.153 e. The summed E-state index contributed by atoms with van der Waals surface area (Å²) in [5.41, 5.74) is 7.62. The van der Waals surface area contributed by atoms with Crippen molar-refractivity contribution < 1.29 is 4.39 Å². The van der Waals surface area contributed by atoms with Gasteiger partial charge in [-0.3, -0.25) is 4.68 Å². The van der Waals surface area contributed by atoms with Crippen molar-refractivity contribution in [2.45, 2.75) is 6.54 Å². The Morgan fingerprint density at radius 1 is 1.21 bits per heavy atom. The summed E-state index contributed by atoms with van der Waals surface area (Å²) in [4.78, 5) is 0. The second-order valence-corrected chi connectivity index (χ2v) is 4.77. The van der Waals surface area contributed by atoms with E-state index < -0.39 is 0 Å². The molecule has 1 heterocycles. The maximum Gasteiger partial charge on any atom is 0.153 e. The molecule has 0 aliphatic heterocycles. The molecule has 19 heavy (non-hydrogen) atoms. The molecule has 3 nitrogen and oxygen atoms in total. The van der Waals surface area contributed by atoms with Crippen LogP contribution in [-0.2, 0) is 6.54 Å². The van der Waals surface area contributed by atoms with Crippen LogP contribution in [0.4, 0.5) is 10.2 Å². The van der Waals surface area contributed by atoms with Gasteiger partial charge in [0.05, 0.1) is 12.1 Å². The lowest BCUT2D eigenvalue weighted by atomic mass is 10.2. The highest BCUT2D eigenvalue weighted by molar-refractivity contribution is 6.30. The molecule has 0 atom stereocenters. The van der Waals surface area contributed by atoms with Gasteiger partial charge in [-0.05, 0) is 35.9 Å². The Morgan fingerprint density at radius 2 is 2.05 bits per heavy atom. The van der Waals surface area contributed by atoms with Gasteiger partial charge in [0.15, 0.2) is 5.82 Å². The number of anilines is 1. The number of nitrogens with two attached hydrogens (primary N) is 1. The van der Waals surface area contributed by atoms with Crippen molar-refractivity contribution in [3.05, 3.63) is 58.9 Å². The highest BCUT2D eigenvalue weighted by Crippen LogP contribution is 2.22. The number of aromatic nitrogens is 2. The summed E-state index contributed by atoms with van der Waals surface area (Å²) in [6.07, 6.45) is 0. The quantitative estimate of drug-likeness (QED) is 0.778. The van der Waals surface area contributed by atoms with E-state index in [9.17, 15) is 4.39 Å². The lowest BCUT2D eigenvalue weighted by Crippen LogP contribution is -2.02. The Hall–Kier alpha value is -2.07. The third kappa shape index (κ3) is 2.27. The fourth-order valence-corrected chi connectivity index (χ4v) is 2.32. The summed E-state index contributed by atoms with van der Waals surface area (Å²) in [7, 11) is 0. The molecule has 3 rings (SSSR count). The molecule has 0 amide bonds. The van der Waals surface area contributed by atoms with Crippen molar-refractivity contribution in [3.63, 3.8) is 0 Å². The largest absolute Gasteiger partial charge is 0.382 e. The Kier molecular flexibility index (Phi) is 2.87.